The molecule has 0 spiro atoms. The first-order chi connectivity index (χ1) is 9.49. The Morgan fingerprint density at radius 1 is 1.41 bits per heavy atom. The molecule has 1 aromatic rings. The molecule has 1 saturated carbocycles. The zero-order valence-corrected chi connectivity index (χ0v) is 12.0. The molecule has 3 N–H and O–H groups in total. The summed E-state index contributed by atoms with van der Waals surface area (Å²) in [5, 5.41) is 3.31. The third-order valence-corrected chi connectivity index (χ3v) is 3.73. The van der Waals surface area contributed by atoms with E-state index in [0.29, 0.717) is 27.8 Å². The molecule has 94 valence electrons. The number of nitrogens with zero attached hydrogens (tertiary/aromatic N) is 1. The van der Waals surface area contributed by atoms with Gasteiger partial charge in [-0.05, 0) is 72.8 Å². The topological polar surface area (TPSA) is 50.9 Å². The standard InChI is InChI=1S/C13H20IN3/c14-11-3-6-13(17-8-11)9-16-7-10-1-4-12(15)5-2-10/h3,6,8,10,12,16H,1-2,4-5,7,9,15H2/t10-,12-/i3D,6D,8D. The summed E-state index contributed by atoms with van der Waals surface area (Å²) in [4.78, 5) is 4.10. The summed E-state index contributed by atoms with van der Waals surface area (Å²) < 4.78 is 23.8. The minimum Gasteiger partial charge on any atom is -0.328 e. The molecule has 0 amide bonds. The maximum absolute atomic E-state index is 7.89. The first-order valence-corrected chi connectivity index (χ1v) is 7.15. The van der Waals surface area contributed by atoms with Crippen LogP contribution in [0.2, 0.25) is 0 Å². The maximum atomic E-state index is 7.89. The lowest BCUT2D eigenvalue weighted by Crippen LogP contribution is -2.31. The van der Waals surface area contributed by atoms with E-state index in [1.165, 1.54) is 0 Å². The van der Waals surface area contributed by atoms with Crippen LogP contribution in [0.1, 0.15) is 35.5 Å². The number of nitrogens with one attached hydrogen (secondary N) is 1. The lowest BCUT2D eigenvalue weighted by atomic mass is 9.86. The van der Waals surface area contributed by atoms with Crippen molar-refractivity contribution in [1.29, 1.82) is 0 Å². The quantitative estimate of drug-likeness (QED) is 0.821. The second kappa shape index (κ2) is 6.66. The normalized spacial score (nSPS) is 27.3. The lowest BCUT2D eigenvalue weighted by molar-refractivity contribution is 0.314. The third kappa shape index (κ3) is 4.52. The third-order valence-electron chi connectivity index (χ3n) is 3.22. The number of hydrogen-bond acceptors (Lipinski definition) is 3. The molecule has 0 unspecified atom stereocenters. The molecule has 1 aliphatic carbocycles. The summed E-state index contributed by atoms with van der Waals surface area (Å²) in [6.45, 7) is 1.34. The predicted molar refractivity (Wildman–Crippen MR) is 78.6 cm³/mol. The second-order valence-electron chi connectivity index (χ2n) is 4.65. The second-order valence-corrected chi connectivity index (χ2v) is 5.72. The van der Waals surface area contributed by atoms with Crippen LogP contribution in [0.4, 0.5) is 0 Å². The highest BCUT2D eigenvalue weighted by molar-refractivity contribution is 14.1. The predicted octanol–water partition coefficient (Wildman–Crippen LogP) is 2.29. The monoisotopic (exact) mass is 348 g/mol. The molecule has 0 saturated heterocycles. The fourth-order valence-corrected chi connectivity index (χ4v) is 2.43. The minimum absolute atomic E-state index is 0.0899. The first kappa shape index (κ1) is 9.69. The van der Waals surface area contributed by atoms with Crippen molar-refractivity contribution in [1.82, 2.24) is 10.3 Å². The zero-order chi connectivity index (χ0) is 14.7. The van der Waals surface area contributed by atoms with Gasteiger partial charge in [0.25, 0.3) is 0 Å². The highest BCUT2D eigenvalue weighted by Gasteiger charge is 2.17. The molecule has 3 nitrogen and oxygen atoms in total. The van der Waals surface area contributed by atoms with Gasteiger partial charge >= 0.3 is 0 Å². The van der Waals surface area contributed by atoms with Crippen LogP contribution >= 0.6 is 22.6 Å². The van der Waals surface area contributed by atoms with Gasteiger partial charge < -0.3 is 11.1 Å². The number of pyridine rings is 1. The van der Waals surface area contributed by atoms with Crippen LogP contribution in [0.15, 0.2) is 18.3 Å². The van der Waals surface area contributed by atoms with E-state index in [9.17, 15) is 0 Å². The average molecular weight is 348 g/mol. The van der Waals surface area contributed by atoms with Gasteiger partial charge in [0.15, 0.2) is 0 Å². The Bertz CT molecular complexity index is 476. The molecule has 1 aliphatic rings. The van der Waals surface area contributed by atoms with Crippen LogP contribution < -0.4 is 11.1 Å². The van der Waals surface area contributed by atoms with E-state index < -0.39 is 0 Å². The first-order valence-electron chi connectivity index (χ1n) is 7.57. The Hall–Kier alpha value is -0.200. The van der Waals surface area contributed by atoms with Crippen molar-refractivity contribution in [3.8, 4) is 0 Å². The van der Waals surface area contributed by atoms with Crippen LogP contribution in [-0.2, 0) is 6.54 Å². The van der Waals surface area contributed by atoms with E-state index in [1.54, 1.807) is 0 Å². The van der Waals surface area contributed by atoms with Gasteiger partial charge in [-0.25, -0.2) is 0 Å². The molecular formula is C13H20IN3. The van der Waals surface area contributed by atoms with Crippen molar-refractivity contribution in [2.24, 2.45) is 11.7 Å². The molecule has 0 aromatic carbocycles. The van der Waals surface area contributed by atoms with E-state index >= 15 is 0 Å². The van der Waals surface area contributed by atoms with E-state index in [-0.39, 0.29) is 18.3 Å². The van der Waals surface area contributed by atoms with E-state index in [1.807, 2.05) is 22.6 Å². The SMILES string of the molecule is [2H]c1nc(CNC[C@H]2CC[C@H](N)CC2)c([2H])c([2H])c1I. The van der Waals surface area contributed by atoms with Crippen LogP contribution in [0, 0.1) is 9.49 Å². The molecule has 2 rings (SSSR count). The molecule has 4 heteroatoms. The maximum Gasteiger partial charge on any atom is 0.0851 e. The molecule has 0 bridgehead atoms. The van der Waals surface area contributed by atoms with E-state index in [2.05, 4.69) is 10.3 Å². The number of nitrogens with two attached hydrogens (primary N) is 1. The molecule has 17 heavy (non-hydrogen) atoms. The van der Waals surface area contributed by atoms with Gasteiger partial charge in [-0.15, -0.1) is 0 Å². The fourth-order valence-electron chi connectivity index (χ4n) is 2.17. The van der Waals surface area contributed by atoms with E-state index in [4.69, 9.17) is 9.85 Å². The van der Waals surface area contributed by atoms with Crippen molar-refractivity contribution in [2.45, 2.75) is 38.3 Å². The average Bonchev–Trinajstić information content (AvgIpc) is 2.44. The summed E-state index contributed by atoms with van der Waals surface area (Å²) in [5.41, 5.74) is 6.38. The van der Waals surface area contributed by atoms with Crippen molar-refractivity contribution in [3.05, 3.63) is 27.5 Å². The van der Waals surface area contributed by atoms with Gasteiger partial charge in [-0.1, -0.05) is 0 Å². The van der Waals surface area contributed by atoms with Gasteiger partial charge in [0, 0.05) is 22.3 Å². The van der Waals surface area contributed by atoms with Crippen LogP contribution in [0.25, 0.3) is 0 Å². The summed E-state index contributed by atoms with van der Waals surface area (Å²) in [6, 6.07) is 0.593. The van der Waals surface area contributed by atoms with Gasteiger partial charge in [0.1, 0.15) is 0 Å². The van der Waals surface area contributed by atoms with Crippen molar-refractivity contribution >= 4 is 22.6 Å². The Kier molecular flexibility index (Phi) is 3.80. The zero-order valence-electron chi connectivity index (χ0n) is 12.8. The molecule has 0 atom stereocenters. The van der Waals surface area contributed by atoms with Crippen molar-refractivity contribution < 1.29 is 4.11 Å². The highest BCUT2D eigenvalue weighted by Crippen LogP contribution is 2.22. The van der Waals surface area contributed by atoms with E-state index in [0.717, 1.165) is 32.2 Å². The van der Waals surface area contributed by atoms with Crippen molar-refractivity contribution in [2.75, 3.05) is 6.54 Å². The number of halogens is 1. The fraction of sp³-hybridized carbons (Fsp3) is 0.615. The number of rotatable bonds is 4. The number of hydrogen-bond donors (Lipinski definition) is 2. The number of aromatic nitrogens is 1. The Morgan fingerprint density at radius 3 is 2.94 bits per heavy atom. The molecule has 1 fully saturated rings. The van der Waals surface area contributed by atoms with Crippen molar-refractivity contribution in [3.63, 3.8) is 0 Å². The molecular weight excluding hydrogens is 325 g/mol. The highest BCUT2D eigenvalue weighted by atomic mass is 127. The molecule has 1 heterocycles. The Morgan fingerprint density at radius 2 is 2.18 bits per heavy atom. The summed E-state index contributed by atoms with van der Waals surface area (Å²) in [5.74, 6) is 0.638. The summed E-state index contributed by atoms with van der Waals surface area (Å²) in [7, 11) is 0. The largest absolute Gasteiger partial charge is 0.328 e. The minimum atomic E-state index is 0.0899. The Balaban J connectivity index is 1.88. The van der Waals surface area contributed by atoms with Gasteiger partial charge in [0.2, 0.25) is 0 Å². The van der Waals surface area contributed by atoms with Crippen LogP contribution in [0.3, 0.4) is 0 Å². The van der Waals surface area contributed by atoms with Crippen LogP contribution in [-0.4, -0.2) is 17.6 Å². The smallest absolute Gasteiger partial charge is 0.0851 e. The Labute approximate surface area is 121 Å². The lowest BCUT2D eigenvalue weighted by Gasteiger charge is -2.26. The molecule has 1 aromatic heterocycles. The van der Waals surface area contributed by atoms with Gasteiger partial charge in [-0.3, -0.25) is 4.98 Å². The van der Waals surface area contributed by atoms with Crippen LogP contribution in [0.5, 0.6) is 0 Å². The van der Waals surface area contributed by atoms with Gasteiger partial charge in [-0.2, -0.15) is 0 Å². The summed E-state index contributed by atoms with van der Waals surface area (Å²) in [6.07, 6.45) is 4.56. The van der Waals surface area contributed by atoms with Gasteiger partial charge in [0.05, 0.1) is 9.81 Å². The summed E-state index contributed by atoms with van der Waals surface area (Å²) >= 11 is 1.90. The molecule has 0 radical (unpaired) electrons. The molecule has 0 aliphatic heterocycles.